The van der Waals surface area contributed by atoms with Crippen molar-refractivity contribution in [2.45, 2.75) is 143 Å². The molecule has 5 fully saturated rings. The lowest BCUT2D eigenvalue weighted by Crippen LogP contribution is -2.65. The zero-order chi connectivity index (χ0) is 32.1. The maximum atomic E-state index is 13.3. The zero-order valence-corrected chi connectivity index (χ0v) is 27.8. The summed E-state index contributed by atoms with van der Waals surface area (Å²) in [5, 5.41) is 51.7. The number of hydrogen-bond acceptors (Lipinski definition) is 7. The van der Waals surface area contributed by atoms with Crippen LogP contribution in [-0.2, 0) is 14.3 Å². The molecule has 0 spiro atoms. The molecule has 5 N–H and O–H groups in total. The molecule has 1 heterocycles. The maximum absolute atomic E-state index is 13.3. The second kappa shape index (κ2) is 10.7. The predicted octanol–water partition coefficient (Wildman–Crippen LogP) is 5.06. The van der Waals surface area contributed by atoms with Gasteiger partial charge in [-0.25, -0.2) is 0 Å². The van der Waals surface area contributed by atoms with E-state index >= 15 is 0 Å². The van der Waals surface area contributed by atoms with Gasteiger partial charge in [-0.05, 0) is 109 Å². The van der Waals surface area contributed by atoms with Crippen molar-refractivity contribution in [1.82, 2.24) is 0 Å². The maximum Gasteiger partial charge on any atom is 0.312 e. The van der Waals surface area contributed by atoms with Crippen LogP contribution in [0.2, 0.25) is 0 Å². The van der Waals surface area contributed by atoms with Crippen LogP contribution in [0.25, 0.3) is 0 Å². The number of aliphatic hydroxyl groups is 4. The Hall–Kier alpha value is -1.03. The van der Waals surface area contributed by atoms with Gasteiger partial charge in [-0.3, -0.25) is 4.79 Å². The molecule has 6 aliphatic rings. The highest BCUT2D eigenvalue weighted by atomic mass is 16.7. The molecule has 250 valence electrons. The summed E-state index contributed by atoms with van der Waals surface area (Å²) in [5.41, 5.74) is 1.25. The van der Waals surface area contributed by atoms with E-state index in [1.54, 1.807) is 5.57 Å². The van der Waals surface area contributed by atoms with Crippen molar-refractivity contribution in [2.24, 2.45) is 50.2 Å². The molecule has 1 saturated heterocycles. The Morgan fingerprint density at radius 3 is 2.30 bits per heavy atom. The molecule has 0 aromatic rings. The van der Waals surface area contributed by atoms with Gasteiger partial charge in [0.2, 0.25) is 0 Å². The Morgan fingerprint density at radius 1 is 0.909 bits per heavy atom. The quantitative estimate of drug-likeness (QED) is 0.270. The van der Waals surface area contributed by atoms with Crippen molar-refractivity contribution in [3.05, 3.63) is 11.6 Å². The normalized spacial score (nSPS) is 53.4. The van der Waals surface area contributed by atoms with Gasteiger partial charge in [0.05, 0.1) is 18.6 Å². The number of ether oxygens (including phenoxy) is 2. The third kappa shape index (κ3) is 4.55. The topological polar surface area (TPSA) is 137 Å². The minimum Gasteiger partial charge on any atom is -0.481 e. The van der Waals surface area contributed by atoms with Gasteiger partial charge >= 0.3 is 5.97 Å². The highest BCUT2D eigenvalue weighted by Crippen LogP contribution is 2.75. The molecule has 13 unspecified atom stereocenters. The molecular weight excluding hydrogens is 560 g/mol. The molecule has 8 nitrogen and oxygen atoms in total. The van der Waals surface area contributed by atoms with E-state index in [0.29, 0.717) is 29.1 Å². The van der Waals surface area contributed by atoms with Gasteiger partial charge in [0.1, 0.15) is 24.4 Å². The minimum absolute atomic E-state index is 0.0744. The van der Waals surface area contributed by atoms with Crippen LogP contribution in [0.1, 0.15) is 112 Å². The molecule has 5 aliphatic carbocycles. The van der Waals surface area contributed by atoms with Crippen LogP contribution in [-0.4, -0.2) is 75.4 Å². The van der Waals surface area contributed by atoms with E-state index in [1.165, 1.54) is 32.1 Å². The first kappa shape index (κ1) is 32.9. The largest absolute Gasteiger partial charge is 0.481 e. The third-order valence-corrected chi connectivity index (χ3v) is 15.1. The average molecular weight is 619 g/mol. The standard InChI is InChI=1S/C36H58O8/c1-31(2)14-15-32(3)16-17-34(5)21(22(32)18-31)8-9-24-33(4)11-7-12-36(30(41)42,25(33)10-13-35(24,34)6)20-43-29-28(40)27(39)26(38)23(19-37)44-29/h8,22-29,37-40H,7,9-20H2,1-6H3,(H,41,42). The Labute approximate surface area is 263 Å². The highest BCUT2D eigenvalue weighted by Gasteiger charge is 2.69. The van der Waals surface area contributed by atoms with Gasteiger partial charge in [0.15, 0.2) is 6.29 Å². The molecule has 0 bridgehead atoms. The van der Waals surface area contributed by atoms with E-state index in [4.69, 9.17) is 9.47 Å². The first-order valence-electron chi connectivity index (χ1n) is 17.3. The number of rotatable bonds is 5. The number of carbonyl (C=O) groups is 1. The molecule has 0 radical (unpaired) electrons. The van der Waals surface area contributed by atoms with Crippen molar-refractivity contribution in [2.75, 3.05) is 13.2 Å². The second-order valence-corrected chi connectivity index (χ2v) is 17.7. The number of carboxylic acid groups (broad SMARTS) is 1. The van der Waals surface area contributed by atoms with Crippen LogP contribution in [0.15, 0.2) is 11.6 Å². The van der Waals surface area contributed by atoms with Crippen LogP contribution < -0.4 is 0 Å². The first-order chi connectivity index (χ1) is 20.5. The monoisotopic (exact) mass is 618 g/mol. The molecular formula is C36H58O8. The molecule has 8 heteroatoms. The zero-order valence-electron chi connectivity index (χ0n) is 27.8. The lowest BCUT2D eigenvalue weighted by atomic mass is 9.33. The van der Waals surface area contributed by atoms with E-state index in [2.05, 4.69) is 47.6 Å². The first-order valence-corrected chi connectivity index (χ1v) is 17.3. The van der Waals surface area contributed by atoms with E-state index in [0.717, 1.165) is 32.1 Å². The fraction of sp³-hybridized carbons (Fsp3) is 0.917. The Morgan fingerprint density at radius 2 is 1.61 bits per heavy atom. The molecule has 0 aromatic carbocycles. The Balaban J connectivity index is 1.31. The number of fused-ring (bicyclic) bond motifs is 7. The number of carboxylic acids is 1. The van der Waals surface area contributed by atoms with Gasteiger partial charge < -0.3 is 35.0 Å². The predicted molar refractivity (Wildman–Crippen MR) is 165 cm³/mol. The summed E-state index contributed by atoms with van der Waals surface area (Å²) in [5.74, 6) is -0.0116. The molecule has 0 aromatic heterocycles. The fourth-order valence-electron chi connectivity index (χ4n) is 12.0. The number of aliphatic carboxylic acids is 1. The fourth-order valence-corrected chi connectivity index (χ4v) is 12.0. The minimum atomic E-state index is -1.56. The van der Waals surface area contributed by atoms with Crippen molar-refractivity contribution >= 4 is 5.97 Å². The molecule has 6 rings (SSSR count). The average Bonchev–Trinajstić information content (AvgIpc) is 2.96. The van der Waals surface area contributed by atoms with E-state index in [-0.39, 0.29) is 28.8 Å². The molecule has 0 amide bonds. The van der Waals surface area contributed by atoms with Crippen LogP contribution in [0.5, 0.6) is 0 Å². The second-order valence-electron chi connectivity index (χ2n) is 17.7. The van der Waals surface area contributed by atoms with Crippen LogP contribution in [0.3, 0.4) is 0 Å². The van der Waals surface area contributed by atoms with Gasteiger partial charge in [-0.2, -0.15) is 0 Å². The number of allylic oxidation sites excluding steroid dienone is 2. The van der Waals surface area contributed by atoms with Crippen LogP contribution >= 0.6 is 0 Å². The third-order valence-electron chi connectivity index (χ3n) is 15.1. The molecule has 44 heavy (non-hydrogen) atoms. The Bertz CT molecular complexity index is 1170. The highest BCUT2D eigenvalue weighted by molar-refractivity contribution is 5.75. The van der Waals surface area contributed by atoms with Crippen molar-refractivity contribution in [3.8, 4) is 0 Å². The smallest absolute Gasteiger partial charge is 0.312 e. The summed E-state index contributed by atoms with van der Waals surface area (Å²) >= 11 is 0. The van der Waals surface area contributed by atoms with E-state index < -0.39 is 48.7 Å². The van der Waals surface area contributed by atoms with Crippen molar-refractivity contribution in [3.63, 3.8) is 0 Å². The van der Waals surface area contributed by atoms with Gasteiger partial charge in [-0.1, -0.05) is 59.6 Å². The van der Waals surface area contributed by atoms with E-state index in [1.807, 2.05) is 0 Å². The van der Waals surface area contributed by atoms with E-state index in [9.17, 15) is 30.3 Å². The summed E-state index contributed by atoms with van der Waals surface area (Å²) in [6, 6.07) is 0. The summed E-state index contributed by atoms with van der Waals surface area (Å²) in [7, 11) is 0. The van der Waals surface area contributed by atoms with Crippen molar-refractivity contribution < 1.29 is 39.8 Å². The summed E-state index contributed by atoms with van der Waals surface area (Å²) < 4.78 is 11.7. The molecule has 13 atom stereocenters. The van der Waals surface area contributed by atoms with Crippen LogP contribution in [0.4, 0.5) is 0 Å². The number of hydrogen-bond donors (Lipinski definition) is 5. The lowest BCUT2D eigenvalue weighted by Gasteiger charge is -2.71. The SMILES string of the molecule is CC1(C)CCC2(C)CCC3(C)C(=CCC4C5(C)CCCC(COC6OC(CO)C(O)C(O)C6O)(C(=O)O)C5CCC43C)C2C1. The van der Waals surface area contributed by atoms with Gasteiger partial charge in [0.25, 0.3) is 0 Å². The molecule has 4 saturated carbocycles. The Kier molecular flexibility index (Phi) is 8.03. The summed E-state index contributed by atoms with van der Waals surface area (Å²) in [6.45, 7) is 14.2. The summed E-state index contributed by atoms with van der Waals surface area (Å²) in [6.07, 6.45) is 6.93. The molecule has 1 aliphatic heterocycles. The summed E-state index contributed by atoms with van der Waals surface area (Å²) in [4.78, 5) is 13.3. The van der Waals surface area contributed by atoms with Crippen LogP contribution in [0, 0.1) is 50.2 Å². The lowest BCUT2D eigenvalue weighted by molar-refractivity contribution is -0.310. The number of aliphatic hydroxyl groups excluding tert-OH is 4. The van der Waals surface area contributed by atoms with Gasteiger partial charge in [0, 0.05) is 0 Å². The van der Waals surface area contributed by atoms with Gasteiger partial charge in [-0.15, -0.1) is 0 Å². The van der Waals surface area contributed by atoms with Crippen molar-refractivity contribution in [1.29, 1.82) is 0 Å².